The summed E-state index contributed by atoms with van der Waals surface area (Å²) in [5, 5.41) is 9.24. The molecule has 1 aromatic carbocycles. The van der Waals surface area contributed by atoms with Crippen LogP contribution in [-0.2, 0) is 7.05 Å². The van der Waals surface area contributed by atoms with E-state index in [2.05, 4.69) is 4.98 Å². The van der Waals surface area contributed by atoms with Gasteiger partial charge in [-0.15, -0.1) is 0 Å². The van der Waals surface area contributed by atoms with Crippen LogP contribution in [-0.4, -0.2) is 9.55 Å². The Bertz CT molecular complexity index is 578. The summed E-state index contributed by atoms with van der Waals surface area (Å²) in [5.74, 6) is 0.722. The summed E-state index contributed by atoms with van der Waals surface area (Å²) in [6, 6.07) is 9.86. The average molecular weight is 232 g/mol. The summed E-state index contributed by atoms with van der Waals surface area (Å²) < 4.78 is 1.72. The molecule has 0 aliphatic heterocycles. The molecule has 0 amide bonds. The Labute approximate surface area is 98.9 Å². The second-order valence-electron chi connectivity index (χ2n) is 3.56. The number of imidazole rings is 1. The van der Waals surface area contributed by atoms with Crippen molar-refractivity contribution in [3.8, 4) is 17.5 Å². The largest absolute Gasteiger partial charge is 0.317 e. The number of aromatic nitrogens is 2. The van der Waals surface area contributed by atoms with Crippen molar-refractivity contribution in [1.29, 1.82) is 5.26 Å². The van der Waals surface area contributed by atoms with Gasteiger partial charge >= 0.3 is 0 Å². The Hall–Kier alpha value is -1.79. The van der Waals surface area contributed by atoms with E-state index in [4.69, 9.17) is 16.9 Å². The lowest BCUT2D eigenvalue weighted by Gasteiger charge is -2.05. The van der Waals surface area contributed by atoms with Crippen LogP contribution < -0.4 is 0 Å². The predicted octanol–water partition coefficient (Wildman–Crippen LogP) is 2.92. The minimum atomic E-state index is 0.266. The molecule has 2 rings (SSSR count). The van der Waals surface area contributed by atoms with Gasteiger partial charge in [-0.3, -0.25) is 0 Å². The Morgan fingerprint density at radius 3 is 2.62 bits per heavy atom. The molecule has 1 aromatic heterocycles. The molecule has 3 nitrogen and oxygen atoms in total. The summed E-state index contributed by atoms with van der Waals surface area (Å²) in [6.45, 7) is 2.00. The van der Waals surface area contributed by atoms with Crippen LogP contribution in [0, 0.1) is 18.3 Å². The number of aryl methyl sites for hydroxylation is 1. The highest BCUT2D eigenvalue weighted by atomic mass is 35.5. The van der Waals surface area contributed by atoms with Gasteiger partial charge in [0.15, 0.2) is 5.69 Å². The molecule has 0 fully saturated rings. The normalized spacial score (nSPS) is 10.1. The third kappa shape index (κ3) is 1.58. The molecule has 0 N–H and O–H groups in total. The fraction of sp³-hybridized carbons (Fsp3) is 0.167. The van der Waals surface area contributed by atoms with Gasteiger partial charge in [-0.2, -0.15) is 5.26 Å². The van der Waals surface area contributed by atoms with E-state index in [1.807, 2.05) is 37.3 Å². The van der Waals surface area contributed by atoms with E-state index in [0.717, 1.165) is 17.0 Å². The lowest BCUT2D eigenvalue weighted by Crippen LogP contribution is -1.94. The van der Waals surface area contributed by atoms with Crippen molar-refractivity contribution in [3.63, 3.8) is 0 Å². The van der Waals surface area contributed by atoms with Crippen molar-refractivity contribution in [2.45, 2.75) is 6.92 Å². The van der Waals surface area contributed by atoms with Gasteiger partial charge in [0.1, 0.15) is 17.0 Å². The van der Waals surface area contributed by atoms with Crippen molar-refractivity contribution < 1.29 is 0 Å². The maximum Gasteiger partial charge on any atom is 0.178 e. The van der Waals surface area contributed by atoms with E-state index in [1.54, 1.807) is 11.6 Å². The topological polar surface area (TPSA) is 41.6 Å². The Morgan fingerprint density at radius 1 is 1.38 bits per heavy atom. The Balaban J connectivity index is 2.67. The van der Waals surface area contributed by atoms with Gasteiger partial charge in [0.05, 0.1) is 0 Å². The first-order chi connectivity index (χ1) is 7.65. The average Bonchev–Trinajstić information content (AvgIpc) is 2.57. The molecule has 0 unspecified atom stereocenters. The molecule has 0 aliphatic carbocycles. The van der Waals surface area contributed by atoms with Gasteiger partial charge in [0.2, 0.25) is 0 Å². The van der Waals surface area contributed by atoms with Crippen molar-refractivity contribution in [1.82, 2.24) is 9.55 Å². The maximum atomic E-state index is 8.86. The summed E-state index contributed by atoms with van der Waals surface area (Å²) in [5.41, 5.74) is 2.37. The highest BCUT2D eigenvalue weighted by molar-refractivity contribution is 6.30. The molecule has 0 saturated heterocycles. The summed E-state index contributed by atoms with van der Waals surface area (Å²) in [7, 11) is 1.80. The van der Waals surface area contributed by atoms with E-state index in [1.165, 1.54) is 0 Å². The molecule has 0 radical (unpaired) electrons. The molecular formula is C12H10ClN3. The third-order valence-corrected chi connectivity index (χ3v) is 2.95. The second-order valence-corrected chi connectivity index (χ2v) is 3.92. The van der Waals surface area contributed by atoms with Crippen LogP contribution in [0.2, 0.25) is 5.15 Å². The number of nitrogens with zero attached hydrogens (tertiary/aromatic N) is 3. The number of hydrogen-bond acceptors (Lipinski definition) is 2. The highest BCUT2D eigenvalue weighted by Gasteiger charge is 2.14. The van der Waals surface area contributed by atoms with Crippen LogP contribution >= 0.6 is 11.6 Å². The molecule has 0 spiro atoms. The number of rotatable bonds is 1. The Kier molecular flexibility index (Phi) is 2.67. The lowest BCUT2D eigenvalue weighted by molar-refractivity contribution is 0.924. The zero-order valence-electron chi connectivity index (χ0n) is 9.03. The van der Waals surface area contributed by atoms with Gasteiger partial charge < -0.3 is 4.57 Å². The summed E-state index contributed by atoms with van der Waals surface area (Å²) in [6.07, 6.45) is 0. The number of hydrogen-bond donors (Lipinski definition) is 0. The number of halogens is 1. The number of benzene rings is 1. The maximum absolute atomic E-state index is 8.86. The SMILES string of the molecule is Cc1ccccc1-c1nc(C#N)c(Cl)n1C. The first kappa shape index (κ1) is 10.7. The van der Waals surface area contributed by atoms with Gasteiger partial charge in [-0.05, 0) is 12.5 Å². The summed E-state index contributed by atoms with van der Waals surface area (Å²) >= 11 is 5.99. The van der Waals surface area contributed by atoms with Crippen molar-refractivity contribution in [3.05, 3.63) is 40.7 Å². The van der Waals surface area contributed by atoms with Gasteiger partial charge in [-0.25, -0.2) is 4.98 Å². The third-order valence-electron chi connectivity index (χ3n) is 2.52. The molecule has 0 atom stereocenters. The minimum absolute atomic E-state index is 0.266. The van der Waals surface area contributed by atoms with Crippen molar-refractivity contribution in [2.75, 3.05) is 0 Å². The van der Waals surface area contributed by atoms with Crippen LogP contribution in [0.3, 0.4) is 0 Å². The van der Waals surface area contributed by atoms with Crippen LogP contribution in [0.5, 0.6) is 0 Å². The van der Waals surface area contributed by atoms with Crippen molar-refractivity contribution in [2.24, 2.45) is 7.05 Å². The zero-order chi connectivity index (χ0) is 11.7. The van der Waals surface area contributed by atoms with Crippen molar-refractivity contribution >= 4 is 11.6 Å². The molecule has 4 heteroatoms. The first-order valence-electron chi connectivity index (χ1n) is 4.83. The smallest absolute Gasteiger partial charge is 0.178 e. The van der Waals surface area contributed by atoms with Gasteiger partial charge in [0.25, 0.3) is 0 Å². The van der Waals surface area contributed by atoms with E-state index < -0.39 is 0 Å². The monoisotopic (exact) mass is 231 g/mol. The molecule has 1 heterocycles. The van der Waals surface area contributed by atoms with Crippen LogP contribution in [0.1, 0.15) is 11.3 Å². The standard InChI is InChI=1S/C12H10ClN3/c1-8-5-3-4-6-9(8)12-15-10(7-14)11(13)16(12)2/h3-6H,1-2H3. The van der Waals surface area contributed by atoms with Gasteiger partial charge in [0, 0.05) is 12.6 Å². The molecule has 80 valence electrons. The van der Waals surface area contributed by atoms with E-state index in [9.17, 15) is 0 Å². The zero-order valence-corrected chi connectivity index (χ0v) is 9.78. The van der Waals surface area contributed by atoms with Gasteiger partial charge in [-0.1, -0.05) is 35.9 Å². The Morgan fingerprint density at radius 2 is 2.06 bits per heavy atom. The second kappa shape index (κ2) is 3.99. The van der Waals surface area contributed by atoms with E-state index >= 15 is 0 Å². The molecule has 0 bridgehead atoms. The molecule has 0 aliphatic rings. The fourth-order valence-corrected chi connectivity index (χ4v) is 1.78. The van der Waals surface area contributed by atoms with E-state index in [0.29, 0.717) is 5.15 Å². The summed E-state index contributed by atoms with van der Waals surface area (Å²) in [4.78, 5) is 4.23. The first-order valence-corrected chi connectivity index (χ1v) is 5.21. The lowest BCUT2D eigenvalue weighted by atomic mass is 10.1. The van der Waals surface area contributed by atoms with Crippen LogP contribution in [0.15, 0.2) is 24.3 Å². The van der Waals surface area contributed by atoms with Crippen LogP contribution in [0.4, 0.5) is 0 Å². The molecule has 0 saturated carbocycles. The van der Waals surface area contributed by atoms with Crippen LogP contribution in [0.25, 0.3) is 11.4 Å². The molecule has 2 aromatic rings. The van der Waals surface area contributed by atoms with E-state index in [-0.39, 0.29) is 5.69 Å². The molecule has 16 heavy (non-hydrogen) atoms. The predicted molar refractivity (Wildman–Crippen MR) is 63.1 cm³/mol. The highest BCUT2D eigenvalue weighted by Crippen LogP contribution is 2.26. The quantitative estimate of drug-likeness (QED) is 0.757. The minimum Gasteiger partial charge on any atom is -0.317 e. The number of nitriles is 1. The fourth-order valence-electron chi connectivity index (χ4n) is 1.61. The molecular weight excluding hydrogens is 222 g/mol.